The van der Waals surface area contributed by atoms with Gasteiger partial charge in [-0.15, -0.1) is 10.2 Å². The number of alkyl halides is 2. The van der Waals surface area contributed by atoms with Crippen molar-refractivity contribution in [3.8, 4) is 17.0 Å². The molecule has 1 aromatic carbocycles. The fraction of sp³-hybridized carbons (Fsp3) is 0.350. The normalized spacial score (nSPS) is 18.7. The van der Waals surface area contributed by atoms with E-state index in [0.717, 1.165) is 17.9 Å². The predicted octanol–water partition coefficient (Wildman–Crippen LogP) is 4.31. The highest BCUT2D eigenvalue weighted by Crippen LogP contribution is 2.37. The van der Waals surface area contributed by atoms with Crippen LogP contribution in [0, 0.1) is 0 Å². The number of hydrogen-bond acceptors (Lipinski definition) is 6. The molecule has 0 spiro atoms. The summed E-state index contributed by atoms with van der Waals surface area (Å²) in [5.41, 5.74) is 0.300. The lowest BCUT2D eigenvalue weighted by Gasteiger charge is -2.17. The number of aromatic nitrogens is 3. The average Bonchev–Trinajstić information content (AvgIpc) is 3.00. The Kier molecular flexibility index (Phi) is 4.58. The molecule has 1 saturated heterocycles. The van der Waals surface area contributed by atoms with Gasteiger partial charge in [0.1, 0.15) is 11.4 Å². The summed E-state index contributed by atoms with van der Waals surface area (Å²) in [6.45, 7) is 4.64. The van der Waals surface area contributed by atoms with E-state index in [4.69, 9.17) is 4.74 Å². The monoisotopic (exact) mass is 386 g/mol. The molecule has 4 rings (SSSR count). The molecular formula is C20H20F2N4O2. The van der Waals surface area contributed by atoms with E-state index in [2.05, 4.69) is 20.5 Å². The van der Waals surface area contributed by atoms with Gasteiger partial charge in [-0.25, -0.2) is 8.78 Å². The number of ether oxygens (including phenoxy) is 1. The number of aromatic hydroxyl groups is 1. The molecule has 0 unspecified atom stereocenters. The van der Waals surface area contributed by atoms with Gasteiger partial charge in [-0.05, 0) is 38.5 Å². The van der Waals surface area contributed by atoms with Crippen molar-refractivity contribution in [1.82, 2.24) is 15.2 Å². The molecular weight excluding hydrogens is 366 g/mol. The van der Waals surface area contributed by atoms with E-state index in [1.807, 2.05) is 13.8 Å². The molecule has 8 heteroatoms. The van der Waals surface area contributed by atoms with E-state index in [-0.39, 0.29) is 23.0 Å². The third-order valence-electron chi connectivity index (χ3n) is 4.86. The van der Waals surface area contributed by atoms with Crippen LogP contribution in [0.1, 0.15) is 32.3 Å². The zero-order valence-corrected chi connectivity index (χ0v) is 15.5. The minimum atomic E-state index is -2.66. The lowest BCUT2D eigenvalue weighted by atomic mass is 10.0. The number of nitrogens with one attached hydrogen (secondary N) is 1. The number of benzene rings is 1. The molecule has 1 aliphatic rings. The number of fused-ring (bicyclic) bond motifs is 1. The van der Waals surface area contributed by atoms with Crippen molar-refractivity contribution in [2.45, 2.75) is 38.3 Å². The van der Waals surface area contributed by atoms with Crippen LogP contribution >= 0.6 is 0 Å². The highest BCUT2D eigenvalue weighted by Gasteiger charge is 2.32. The Bertz CT molecular complexity index is 1030. The summed E-state index contributed by atoms with van der Waals surface area (Å²) in [6, 6.07) is 5.62. The second-order valence-electron chi connectivity index (χ2n) is 7.51. The third-order valence-corrected chi connectivity index (χ3v) is 4.86. The summed E-state index contributed by atoms with van der Waals surface area (Å²) < 4.78 is 31.5. The van der Waals surface area contributed by atoms with Gasteiger partial charge in [-0.1, -0.05) is 6.07 Å². The first-order valence-corrected chi connectivity index (χ1v) is 8.96. The van der Waals surface area contributed by atoms with Crippen LogP contribution in [-0.4, -0.2) is 38.5 Å². The van der Waals surface area contributed by atoms with Crippen LogP contribution in [0.4, 0.5) is 14.6 Å². The Balaban J connectivity index is 1.74. The molecule has 0 radical (unpaired) electrons. The Morgan fingerprint density at radius 2 is 2.04 bits per heavy atom. The molecule has 1 aliphatic heterocycles. The van der Waals surface area contributed by atoms with E-state index in [9.17, 15) is 13.9 Å². The Morgan fingerprint density at radius 1 is 1.21 bits per heavy atom. The fourth-order valence-corrected chi connectivity index (χ4v) is 3.51. The van der Waals surface area contributed by atoms with Crippen LogP contribution in [0.3, 0.4) is 0 Å². The minimum absolute atomic E-state index is 0.0947. The van der Waals surface area contributed by atoms with Gasteiger partial charge in [-0.2, -0.15) is 0 Å². The lowest BCUT2D eigenvalue weighted by Crippen LogP contribution is -2.23. The maximum Gasteiger partial charge on any atom is 0.263 e. The van der Waals surface area contributed by atoms with Crippen LogP contribution < -0.4 is 5.32 Å². The Labute approximate surface area is 160 Å². The van der Waals surface area contributed by atoms with Crippen molar-refractivity contribution in [2.24, 2.45) is 0 Å². The first-order chi connectivity index (χ1) is 13.3. The quantitative estimate of drug-likeness (QED) is 0.695. The molecule has 3 heterocycles. The maximum atomic E-state index is 12.9. The van der Waals surface area contributed by atoms with Gasteiger partial charge in [0.25, 0.3) is 6.43 Å². The average molecular weight is 386 g/mol. The largest absolute Gasteiger partial charge is 0.507 e. The number of anilines is 1. The smallest absolute Gasteiger partial charge is 0.263 e. The first kappa shape index (κ1) is 18.5. The van der Waals surface area contributed by atoms with Crippen molar-refractivity contribution in [2.75, 3.05) is 11.9 Å². The van der Waals surface area contributed by atoms with Gasteiger partial charge in [0.05, 0.1) is 18.2 Å². The molecule has 0 amide bonds. The van der Waals surface area contributed by atoms with Crippen molar-refractivity contribution in [3.05, 3.63) is 42.2 Å². The van der Waals surface area contributed by atoms with Crippen molar-refractivity contribution in [3.63, 3.8) is 0 Å². The fourth-order valence-electron chi connectivity index (χ4n) is 3.51. The Morgan fingerprint density at radius 3 is 2.71 bits per heavy atom. The highest BCUT2D eigenvalue weighted by molar-refractivity contribution is 6.00. The van der Waals surface area contributed by atoms with E-state index >= 15 is 0 Å². The molecule has 0 bridgehead atoms. The molecule has 2 N–H and O–H groups in total. The number of rotatable bonds is 4. The number of phenolic OH excluding ortho intramolecular Hbond substituents is 1. The van der Waals surface area contributed by atoms with Crippen LogP contribution in [0.2, 0.25) is 0 Å². The van der Waals surface area contributed by atoms with Gasteiger partial charge in [0.15, 0.2) is 5.82 Å². The molecule has 1 atom stereocenters. The van der Waals surface area contributed by atoms with Gasteiger partial charge < -0.3 is 15.2 Å². The molecule has 0 aliphatic carbocycles. The van der Waals surface area contributed by atoms with Gasteiger partial charge in [-0.3, -0.25) is 4.98 Å². The van der Waals surface area contributed by atoms with Crippen LogP contribution in [0.25, 0.3) is 22.0 Å². The number of phenols is 1. The van der Waals surface area contributed by atoms with Crippen LogP contribution in [0.5, 0.6) is 5.75 Å². The predicted molar refractivity (Wildman–Crippen MR) is 101 cm³/mol. The van der Waals surface area contributed by atoms with E-state index in [0.29, 0.717) is 29.1 Å². The zero-order chi connectivity index (χ0) is 19.9. The second-order valence-corrected chi connectivity index (χ2v) is 7.51. The SMILES string of the molecule is CC1(C)C[C@@H](Nc2nnc(-c3ccc(C(F)F)cc3O)c3ccncc23)CO1. The van der Waals surface area contributed by atoms with Crippen LogP contribution in [0.15, 0.2) is 36.7 Å². The number of pyridine rings is 1. The standard InChI is InChI=1S/C20H20F2N4O2/c1-20(2)8-12(10-28-20)24-19-15-9-23-6-5-13(15)17(25-26-19)14-4-3-11(18(21)22)7-16(14)27/h3-7,9,12,18,27H,8,10H2,1-2H3,(H,24,26)/t12-/m1/s1. The summed E-state index contributed by atoms with van der Waals surface area (Å²) >= 11 is 0. The molecule has 146 valence electrons. The van der Waals surface area contributed by atoms with E-state index in [1.54, 1.807) is 18.5 Å². The highest BCUT2D eigenvalue weighted by atomic mass is 19.3. The number of hydrogen-bond donors (Lipinski definition) is 2. The summed E-state index contributed by atoms with van der Waals surface area (Å²) in [6.07, 6.45) is 1.45. The first-order valence-electron chi connectivity index (χ1n) is 8.96. The van der Waals surface area contributed by atoms with Crippen molar-refractivity contribution < 1.29 is 18.6 Å². The second kappa shape index (κ2) is 6.94. The Hall–Kier alpha value is -2.87. The molecule has 28 heavy (non-hydrogen) atoms. The summed E-state index contributed by atoms with van der Waals surface area (Å²) in [4.78, 5) is 4.17. The topological polar surface area (TPSA) is 80.2 Å². The summed E-state index contributed by atoms with van der Waals surface area (Å²) in [5.74, 6) is 0.304. The molecule has 1 fully saturated rings. The van der Waals surface area contributed by atoms with Gasteiger partial charge in [0, 0.05) is 34.3 Å². The van der Waals surface area contributed by atoms with Crippen LogP contribution in [-0.2, 0) is 4.74 Å². The summed E-state index contributed by atoms with van der Waals surface area (Å²) in [5, 5.41) is 23.6. The van der Waals surface area contributed by atoms with Gasteiger partial charge in [0.2, 0.25) is 0 Å². The lowest BCUT2D eigenvalue weighted by molar-refractivity contribution is 0.0363. The molecule has 6 nitrogen and oxygen atoms in total. The van der Waals surface area contributed by atoms with E-state index < -0.39 is 6.43 Å². The van der Waals surface area contributed by atoms with Crippen molar-refractivity contribution in [1.29, 1.82) is 0 Å². The molecule has 3 aromatic rings. The van der Waals surface area contributed by atoms with Crippen molar-refractivity contribution >= 4 is 16.6 Å². The van der Waals surface area contributed by atoms with E-state index in [1.165, 1.54) is 12.1 Å². The zero-order valence-electron chi connectivity index (χ0n) is 15.5. The van der Waals surface area contributed by atoms with Gasteiger partial charge >= 0.3 is 0 Å². The number of nitrogens with zero attached hydrogens (tertiary/aromatic N) is 3. The number of halogens is 2. The third kappa shape index (κ3) is 3.47. The molecule has 2 aromatic heterocycles. The maximum absolute atomic E-state index is 12.9. The minimum Gasteiger partial charge on any atom is -0.507 e. The summed E-state index contributed by atoms with van der Waals surface area (Å²) in [7, 11) is 0. The molecule has 0 saturated carbocycles.